The summed E-state index contributed by atoms with van der Waals surface area (Å²) < 4.78 is 48.9. The molecule has 6 aliphatic rings. The van der Waals surface area contributed by atoms with E-state index in [1.807, 2.05) is 81.8 Å². The first kappa shape index (κ1) is 96.1. The number of nitrogens with two attached hydrogens (primary N) is 3. The molecule has 0 unspecified atom stereocenters. The number of Topliss-reactive ketones (excluding diaryl/α,β-unsaturated/α-hetero) is 3. The maximum absolute atomic E-state index is 14.7. The maximum atomic E-state index is 14.7. The molecule has 37 nitrogen and oxygen atoms in total. The van der Waals surface area contributed by atoms with Crippen molar-refractivity contribution in [1.82, 2.24) is 65.1 Å². The van der Waals surface area contributed by atoms with E-state index in [9.17, 15) is 53.7 Å². The lowest BCUT2D eigenvalue weighted by atomic mass is 9.80. The van der Waals surface area contributed by atoms with Crippen molar-refractivity contribution in [2.75, 3.05) is 108 Å². The second kappa shape index (κ2) is 44.5. The number of anilines is 4. The Labute approximate surface area is 754 Å². The first-order valence-electron chi connectivity index (χ1n) is 45.0. The van der Waals surface area contributed by atoms with Gasteiger partial charge in [-0.05, 0) is 142 Å². The maximum Gasteiger partial charge on any atom is 0.407 e. The highest BCUT2D eigenvalue weighted by Crippen LogP contribution is 2.40. The van der Waals surface area contributed by atoms with E-state index in [0.717, 1.165) is 27.2 Å². The van der Waals surface area contributed by atoms with Crippen molar-refractivity contribution in [2.24, 2.45) is 35.3 Å². The van der Waals surface area contributed by atoms with Crippen LogP contribution in [0.25, 0.3) is 33.4 Å². The summed E-state index contributed by atoms with van der Waals surface area (Å²) in [6.07, 6.45) is 15.0. The number of piperidine rings is 1. The zero-order valence-corrected chi connectivity index (χ0v) is 75.1. The number of ketones is 3. The van der Waals surface area contributed by atoms with E-state index in [0.29, 0.717) is 160 Å². The fourth-order valence-electron chi connectivity index (χ4n) is 18.0. The van der Waals surface area contributed by atoms with E-state index in [4.69, 9.17) is 59.9 Å². The number of benzene rings is 2. The molecule has 15 atom stereocenters. The molecule has 4 fully saturated rings. The summed E-state index contributed by atoms with van der Waals surface area (Å²) in [5, 5.41) is 45.9. The molecule has 10 heterocycles. The Balaban J connectivity index is 0.522. The second-order valence-electron chi connectivity index (χ2n) is 35.0. The van der Waals surface area contributed by atoms with Gasteiger partial charge in [0.05, 0.1) is 68.7 Å². The molecule has 0 radical (unpaired) electrons. The summed E-state index contributed by atoms with van der Waals surface area (Å²) >= 11 is 0. The fourth-order valence-corrected chi connectivity index (χ4v) is 18.0. The average molecular weight is 1800 g/mol. The van der Waals surface area contributed by atoms with Crippen LogP contribution in [0.15, 0.2) is 120 Å². The van der Waals surface area contributed by atoms with Crippen molar-refractivity contribution in [3.63, 3.8) is 0 Å². The van der Waals surface area contributed by atoms with Crippen molar-refractivity contribution in [3.05, 3.63) is 143 Å². The van der Waals surface area contributed by atoms with Crippen LogP contribution in [0.4, 0.5) is 28.5 Å². The lowest BCUT2D eigenvalue weighted by Crippen LogP contribution is -2.61. The van der Waals surface area contributed by atoms with E-state index in [1.165, 1.54) is 44.4 Å². The predicted molar refractivity (Wildman–Crippen MR) is 479 cm³/mol. The van der Waals surface area contributed by atoms with Gasteiger partial charge in [0, 0.05) is 146 Å². The molecule has 4 amide bonds. The number of nitrogen functional groups attached to an aromatic ring is 2. The van der Waals surface area contributed by atoms with Crippen molar-refractivity contribution >= 4 is 93.0 Å². The number of allylic oxidation sites excluding steroid dienone is 6. The van der Waals surface area contributed by atoms with Gasteiger partial charge in [-0.3, -0.25) is 28.8 Å². The molecule has 37 heteroatoms. The number of carbonyl (C=O) groups excluding carboxylic acids is 8. The highest BCUT2D eigenvalue weighted by Gasteiger charge is 2.53. The summed E-state index contributed by atoms with van der Waals surface area (Å²) in [5.74, 6) is -8.49. The number of esters is 1. The number of carbonyl (C=O) groups is 8. The van der Waals surface area contributed by atoms with E-state index >= 15 is 0 Å². The van der Waals surface area contributed by atoms with Gasteiger partial charge in [0.1, 0.15) is 59.6 Å². The number of piperazine rings is 1. The number of aliphatic hydroxyl groups is 3. The Kier molecular flexibility index (Phi) is 32.9. The number of nitrogens with zero attached hydrogens (tertiary/aromatic N) is 13. The smallest absolute Gasteiger partial charge is 0.407 e. The summed E-state index contributed by atoms with van der Waals surface area (Å²) in [7, 11) is 3.06. The molecule has 7 aromatic rings. The first-order valence-corrected chi connectivity index (χ1v) is 45.0. The van der Waals surface area contributed by atoms with Crippen LogP contribution in [0.3, 0.4) is 0 Å². The molecular formula is C93H122N18O19. The topological polar surface area (TPSA) is 498 Å². The number of aliphatic hydroxyl groups excluding tert-OH is 2. The summed E-state index contributed by atoms with van der Waals surface area (Å²) in [5.41, 5.74) is 27.6. The SMILES string of the molecule is CO[C@H]1C[C@@H]2CC[C@@H](C)[C@@](O)(O2)C(=O)C(=O)N2CCCC[C@H]2C(=O)O[C@H]([C@H](N)C[C@@H]2CC[C@@H](OC(=O)NCc3cnc(N4CCN(c5ncc(C(=O)NCCOCCOCCC(=O)N6CCc7cc(Cn8nc(-c9ccc%10oc(N)nc%10c9)c9c(N)ncnc98)ccc7C6)cn5)CC4)nc3)[C@H](OC)C2)CC(=O)[C@H](C)/C=C(\C)[C@@H](O)[C@@H](O)C(=O)[C@H](C)C[C@H](C)/C=C/C=CC=C1C. The number of nitrogens with one attached hydrogen (secondary N) is 2. The van der Waals surface area contributed by atoms with Gasteiger partial charge < -0.3 is 100 Å². The van der Waals surface area contributed by atoms with Crippen LogP contribution >= 0.6 is 0 Å². The summed E-state index contributed by atoms with van der Waals surface area (Å²) in [6.45, 7) is 15.3. The molecule has 2 aromatic carbocycles. The Morgan fingerprint density at radius 1 is 0.731 bits per heavy atom. The molecule has 5 aromatic heterocycles. The van der Waals surface area contributed by atoms with Crippen molar-refractivity contribution in [3.8, 4) is 11.3 Å². The lowest BCUT2D eigenvalue weighted by Gasteiger charge is -2.42. The van der Waals surface area contributed by atoms with Crippen LogP contribution in [0.5, 0.6) is 0 Å². The molecular weight excluding hydrogens is 1670 g/mol. The van der Waals surface area contributed by atoms with Crippen molar-refractivity contribution < 1.29 is 91.3 Å². The highest BCUT2D eigenvalue weighted by molar-refractivity contribution is 6.39. The first-order chi connectivity index (χ1) is 62.5. The molecule has 1 aliphatic carbocycles. The normalized spacial score (nSPS) is 26.6. The lowest BCUT2D eigenvalue weighted by molar-refractivity contribution is -0.265. The van der Waals surface area contributed by atoms with Gasteiger partial charge in [0.15, 0.2) is 17.0 Å². The number of rotatable bonds is 23. The largest absolute Gasteiger partial charge is 0.459 e. The monoisotopic (exact) mass is 1790 g/mol. The Hall–Kier alpha value is -11.4. The Bertz CT molecular complexity index is 5270. The van der Waals surface area contributed by atoms with Crippen LogP contribution in [0.1, 0.15) is 158 Å². The number of aromatic nitrogens is 9. The van der Waals surface area contributed by atoms with Crippen LogP contribution < -0.4 is 37.6 Å². The quantitative estimate of drug-likeness (QED) is 0.0139. The van der Waals surface area contributed by atoms with Gasteiger partial charge in [0.2, 0.25) is 23.6 Å². The number of amides is 4. The standard InChI is InChI=1S/C93H122N18O19/c1-54-14-10-9-11-15-55(2)74(123-7)44-67-22-17-59(6)93(122,130-67)83(117)87(119)110-28-13-12-16-70(110)88(120)127-75(45-71(112)56(3)39-58(5)81(115)82(116)80(114)57(4)38-54)68(94)41-60-19-23-73(76(42-60)124-8)129-92(121)102-48-62-46-98-90(99-47-62)107-30-32-108(33-31-107)91-100-49-66(50-101-91)86(118)97-27-35-126-37-36-125-34-26-77(113)109-29-25-63-40-61(18-20-65(63)52-109)51-111-85-78(84(95)103-53-104-85)79(106-111)64-21-24-72-69(43-64)105-89(96)128-72/h9-11,14-15,18,20-21,24,39-40,43,46-47,49-50,53-54,56-57,59-60,67-68,70,73-76,81-82,115-116,122H,12-13,16-17,19,22-23,25-38,41-42,44-45,48,51-52,94H2,1-8H3,(H2,96,105)(H,97,118)(H,102,121)(H2,95,103,104)/b11-9?,14-10+,55-15?,58-39+/t54-,56-,57-,59-,60+,67+,68-,70+,73-,74+,75+,76-,81-,82+,93-/m1/s1. The predicted octanol–water partition coefficient (Wildman–Crippen LogP) is 6.96. The van der Waals surface area contributed by atoms with Gasteiger partial charge in [0.25, 0.3) is 23.6 Å². The number of alkyl carbamates (subject to hydrolysis) is 1. The zero-order chi connectivity index (χ0) is 92.5. The third-order valence-electron chi connectivity index (χ3n) is 25.7. The van der Waals surface area contributed by atoms with Crippen LogP contribution in [-0.2, 0) is 88.0 Å². The van der Waals surface area contributed by atoms with E-state index in [2.05, 4.69) is 57.7 Å². The van der Waals surface area contributed by atoms with Gasteiger partial charge in [-0.15, -0.1) is 0 Å². The molecule has 2 bridgehead atoms. The second-order valence-corrected chi connectivity index (χ2v) is 35.0. The molecule has 0 spiro atoms. The van der Waals surface area contributed by atoms with Gasteiger partial charge in [-0.25, -0.2) is 44.2 Å². The molecule has 698 valence electrons. The molecule has 5 aliphatic heterocycles. The molecule has 3 saturated heterocycles. The minimum absolute atomic E-state index is 0.00230. The van der Waals surface area contributed by atoms with E-state index < -0.39 is 120 Å². The average Bonchev–Trinajstić information content (AvgIpc) is 1.17. The highest BCUT2D eigenvalue weighted by atomic mass is 16.6. The molecule has 11 N–H and O–H groups in total. The number of hydrogen-bond acceptors (Lipinski definition) is 32. The fraction of sp³-hybridized carbons (Fsp3) is 0.548. The Morgan fingerprint density at radius 3 is 2.21 bits per heavy atom. The zero-order valence-electron chi connectivity index (χ0n) is 75.1. The third-order valence-corrected chi connectivity index (χ3v) is 25.7. The number of hydrogen-bond donors (Lipinski definition) is 8. The number of methoxy groups -OCH3 is 2. The minimum atomic E-state index is -2.52. The number of fused-ring (bicyclic) bond motifs is 6. The van der Waals surface area contributed by atoms with E-state index in [-0.39, 0.29) is 107 Å². The van der Waals surface area contributed by atoms with Crippen molar-refractivity contribution in [2.45, 2.75) is 212 Å². The van der Waals surface area contributed by atoms with E-state index in [1.54, 1.807) is 46.3 Å². The van der Waals surface area contributed by atoms with Crippen molar-refractivity contribution in [1.29, 1.82) is 0 Å². The number of oxazole rings is 1. The number of cyclic esters (lactones) is 1. The molecule has 13 rings (SSSR count). The van der Waals surface area contributed by atoms with Gasteiger partial charge in [-0.1, -0.05) is 82.4 Å². The summed E-state index contributed by atoms with van der Waals surface area (Å²) in [4.78, 5) is 150. The van der Waals surface area contributed by atoms with Crippen LogP contribution in [0, 0.1) is 29.6 Å². The Morgan fingerprint density at radius 2 is 1.47 bits per heavy atom. The van der Waals surface area contributed by atoms with Gasteiger partial charge in [-0.2, -0.15) is 10.1 Å². The van der Waals surface area contributed by atoms with Gasteiger partial charge >= 0.3 is 12.1 Å². The molecule has 1 saturated carbocycles. The third kappa shape index (κ3) is 24.0. The van der Waals surface area contributed by atoms with Crippen LogP contribution in [0.2, 0.25) is 0 Å². The summed E-state index contributed by atoms with van der Waals surface area (Å²) in [6, 6.07) is 9.56. The molecule has 130 heavy (non-hydrogen) atoms. The number of ether oxygens (including phenoxy) is 7. The minimum Gasteiger partial charge on any atom is -0.459 e. The van der Waals surface area contributed by atoms with Crippen LogP contribution in [-0.4, -0.2) is 264 Å².